The van der Waals surface area contributed by atoms with Crippen LogP contribution in [0.2, 0.25) is 0 Å². The van der Waals surface area contributed by atoms with Gasteiger partial charge in [0.25, 0.3) is 0 Å². The highest BCUT2D eigenvalue weighted by Crippen LogP contribution is 2.31. The number of rotatable bonds is 6. The van der Waals surface area contributed by atoms with E-state index in [4.69, 9.17) is 0 Å². The summed E-state index contributed by atoms with van der Waals surface area (Å²) >= 11 is 0. The normalized spacial score (nSPS) is 12.2. The van der Waals surface area contributed by atoms with Gasteiger partial charge in [0.2, 0.25) is 5.91 Å². The van der Waals surface area contributed by atoms with Crippen molar-refractivity contribution in [2.75, 3.05) is 5.32 Å². The van der Waals surface area contributed by atoms with Crippen LogP contribution in [0, 0.1) is 0 Å². The number of fused-ring (bicyclic) bond motifs is 1. The summed E-state index contributed by atoms with van der Waals surface area (Å²) < 4.78 is 39.1. The molecule has 0 radical (unpaired) electrons. The van der Waals surface area contributed by atoms with Gasteiger partial charge in [-0.15, -0.1) is 0 Å². The van der Waals surface area contributed by atoms with Gasteiger partial charge in [-0.25, -0.2) is 0 Å². The molecule has 1 N–H and O–H groups in total. The first kappa shape index (κ1) is 24.6. The van der Waals surface area contributed by atoms with Crippen LogP contribution in [-0.4, -0.2) is 16.7 Å². The van der Waals surface area contributed by atoms with E-state index >= 15 is 0 Å². The molecule has 0 aliphatic rings. The summed E-state index contributed by atoms with van der Waals surface area (Å²) in [6, 6.07) is 18.8. The second-order valence-electron chi connectivity index (χ2n) is 8.04. The molecular weight excluding hydrogens is 465 g/mol. The zero-order chi connectivity index (χ0) is 25.7. The minimum atomic E-state index is -4.44. The average Bonchev–Trinajstić information content (AvgIpc) is 2.86. The van der Waals surface area contributed by atoms with E-state index in [1.54, 1.807) is 48.8 Å². The van der Waals surface area contributed by atoms with Crippen molar-refractivity contribution in [2.45, 2.75) is 13.1 Å². The standard InChI is InChI=1S/C29H21F3N2O2/c1-19(35)20-8-10-21(11-9-20)25(22-12-14-24(15-13-22)29(30,31)32)5-3-7-28(36)34-27-6-2-4-23-18-33-17-16-26(23)27/h2-18H,1H3,(H,34,36). The molecule has 0 aliphatic carbocycles. The molecular formula is C29H21F3N2O2. The number of nitrogens with one attached hydrogen (secondary N) is 1. The summed E-state index contributed by atoms with van der Waals surface area (Å²) in [6.07, 6.45) is 3.43. The highest BCUT2D eigenvalue weighted by atomic mass is 19.4. The van der Waals surface area contributed by atoms with Crippen LogP contribution >= 0.6 is 0 Å². The number of amides is 1. The van der Waals surface area contributed by atoms with Crippen LogP contribution in [0.15, 0.2) is 103 Å². The molecule has 0 atom stereocenters. The second kappa shape index (κ2) is 10.4. The van der Waals surface area contributed by atoms with E-state index in [9.17, 15) is 22.8 Å². The Kier molecular flexibility index (Phi) is 7.10. The highest BCUT2D eigenvalue weighted by molar-refractivity contribution is 6.06. The van der Waals surface area contributed by atoms with E-state index in [2.05, 4.69) is 10.3 Å². The number of nitrogens with zero attached hydrogens (tertiary/aromatic N) is 1. The molecule has 0 saturated carbocycles. The van der Waals surface area contributed by atoms with Crippen LogP contribution in [0.4, 0.5) is 18.9 Å². The van der Waals surface area contributed by atoms with Gasteiger partial charge >= 0.3 is 6.18 Å². The van der Waals surface area contributed by atoms with E-state index in [0.29, 0.717) is 28.0 Å². The van der Waals surface area contributed by atoms with Crippen LogP contribution in [0.25, 0.3) is 16.3 Å². The lowest BCUT2D eigenvalue weighted by Gasteiger charge is -2.11. The van der Waals surface area contributed by atoms with Crippen molar-refractivity contribution in [3.63, 3.8) is 0 Å². The van der Waals surface area contributed by atoms with Crippen molar-refractivity contribution in [3.8, 4) is 0 Å². The summed E-state index contributed by atoms with van der Waals surface area (Å²) in [6.45, 7) is 1.45. The third kappa shape index (κ3) is 5.75. The molecule has 0 unspecified atom stereocenters. The lowest BCUT2D eigenvalue weighted by molar-refractivity contribution is -0.137. The monoisotopic (exact) mass is 486 g/mol. The molecule has 0 aliphatic heterocycles. The number of pyridine rings is 1. The van der Waals surface area contributed by atoms with Crippen molar-refractivity contribution >= 4 is 33.7 Å². The van der Waals surface area contributed by atoms with Crippen LogP contribution in [0.3, 0.4) is 0 Å². The maximum atomic E-state index is 13.0. The Morgan fingerprint density at radius 2 is 1.50 bits per heavy atom. The summed E-state index contributed by atoms with van der Waals surface area (Å²) in [5, 5.41) is 4.57. The van der Waals surface area contributed by atoms with Crippen molar-refractivity contribution in [3.05, 3.63) is 126 Å². The van der Waals surface area contributed by atoms with Gasteiger partial charge in [0.15, 0.2) is 5.78 Å². The number of carbonyl (C=O) groups is 2. The average molecular weight is 486 g/mol. The van der Waals surface area contributed by atoms with Crippen molar-refractivity contribution in [1.82, 2.24) is 4.98 Å². The SMILES string of the molecule is CC(=O)c1ccc(C(=CC=CC(=O)Nc2cccc3cnccc23)c2ccc(C(F)(F)F)cc2)cc1. The summed E-state index contributed by atoms with van der Waals surface area (Å²) in [7, 11) is 0. The number of aromatic nitrogens is 1. The zero-order valence-electron chi connectivity index (χ0n) is 19.2. The molecule has 7 heteroatoms. The summed E-state index contributed by atoms with van der Waals surface area (Å²) in [5.41, 5.74) is 2.22. The van der Waals surface area contributed by atoms with Gasteiger partial charge < -0.3 is 5.32 Å². The molecule has 1 amide bonds. The number of alkyl halides is 3. The van der Waals surface area contributed by atoms with E-state index in [1.807, 2.05) is 18.2 Å². The van der Waals surface area contributed by atoms with Gasteiger partial charge in [-0.1, -0.05) is 60.7 Å². The molecule has 0 saturated heterocycles. The first-order valence-electron chi connectivity index (χ1n) is 11.0. The third-order valence-electron chi connectivity index (χ3n) is 5.57. The second-order valence-corrected chi connectivity index (χ2v) is 8.04. The fraction of sp³-hybridized carbons (Fsp3) is 0.0690. The minimum Gasteiger partial charge on any atom is -0.322 e. The number of ketones is 1. The fourth-order valence-electron chi connectivity index (χ4n) is 3.72. The number of hydrogen-bond acceptors (Lipinski definition) is 3. The van der Waals surface area contributed by atoms with Crippen molar-refractivity contribution in [2.24, 2.45) is 0 Å². The van der Waals surface area contributed by atoms with Crippen LogP contribution < -0.4 is 5.32 Å². The van der Waals surface area contributed by atoms with Gasteiger partial charge in [0.05, 0.1) is 5.56 Å². The quantitative estimate of drug-likeness (QED) is 0.180. The fourth-order valence-corrected chi connectivity index (χ4v) is 3.72. The van der Waals surface area contributed by atoms with E-state index in [0.717, 1.165) is 22.9 Å². The Bertz CT molecular complexity index is 1460. The Balaban J connectivity index is 1.63. The van der Waals surface area contributed by atoms with Gasteiger partial charge in [-0.2, -0.15) is 13.2 Å². The molecule has 0 spiro atoms. The first-order chi connectivity index (χ1) is 17.2. The lowest BCUT2D eigenvalue weighted by Crippen LogP contribution is -2.08. The number of Topliss-reactive ketones (excluding diaryl/α,β-unsaturated/α-hetero) is 1. The van der Waals surface area contributed by atoms with Crippen molar-refractivity contribution < 1.29 is 22.8 Å². The topological polar surface area (TPSA) is 59.1 Å². The number of carbonyl (C=O) groups excluding carboxylic acids is 2. The van der Waals surface area contributed by atoms with Crippen LogP contribution in [0.1, 0.15) is 34.0 Å². The van der Waals surface area contributed by atoms with Gasteiger partial charge in [0.1, 0.15) is 0 Å². The molecule has 4 rings (SSSR count). The van der Waals surface area contributed by atoms with E-state index in [1.165, 1.54) is 31.2 Å². The number of hydrogen-bond donors (Lipinski definition) is 1. The summed E-state index contributed by atoms with van der Waals surface area (Å²) in [5.74, 6) is -0.461. The molecule has 4 nitrogen and oxygen atoms in total. The molecule has 4 aromatic rings. The highest BCUT2D eigenvalue weighted by Gasteiger charge is 2.30. The minimum absolute atomic E-state index is 0.0950. The van der Waals surface area contributed by atoms with Gasteiger partial charge in [-0.3, -0.25) is 14.6 Å². The molecule has 1 heterocycles. The van der Waals surface area contributed by atoms with Gasteiger partial charge in [-0.05, 0) is 47.9 Å². The Morgan fingerprint density at radius 3 is 2.14 bits per heavy atom. The van der Waals surface area contributed by atoms with E-state index in [-0.39, 0.29) is 11.7 Å². The molecule has 180 valence electrons. The molecule has 1 aromatic heterocycles. The van der Waals surface area contributed by atoms with Gasteiger partial charge in [0, 0.05) is 40.5 Å². The number of allylic oxidation sites excluding steroid dienone is 2. The lowest BCUT2D eigenvalue weighted by atomic mass is 9.95. The number of halogens is 3. The predicted octanol–water partition coefficient (Wildman–Crippen LogP) is 7.08. The zero-order valence-corrected chi connectivity index (χ0v) is 19.2. The third-order valence-corrected chi connectivity index (χ3v) is 5.57. The van der Waals surface area contributed by atoms with Crippen molar-refractivity contribution in [1.29, 1.82) is 0 Å². The Morgan fingerprint density at radius 1 is 0.861 bits per heavy atom. The Hall–Kier alpha value is -4.52. The molecule has 0 fully saturated rings. The molecule has 0 bridgehead atoms. The number of benzene rings is 3. The van der Waals surface area contributed by atoms with Crippen LogP contribution in [-0.2, 0) is 11.0 Å². The largest absolute Gasteiger partial charge is 0.416 e. The Labute approximate surface area is 205 Å². The van der Waals surface area contributed by atoms with E-state index < -0.39 is 11.7 Å². The molecule has 36 heavy (non-hydrogen) atoms. The maximum Gasteiger partial charge on any atom is 0.416 e. The maximum absolute atomic E-state index is 13.0. The molecule has 3 aromatic carbocycles. The van der Waals surface area contributed by atoms with Crippen LogP contribution in [0.5, 0.6) is 0 Å². The first-order valence-corrected chi connectivity index (χ1v) is 11.0. The predicted molar refractivity (Wildman–Crippen MR) is 134 cm³/mol. The smallest absolute Gasteiger partial charge is 0.322 e. The number of anilines is 1. The summed E-state index contributed by atoms with van der Waals surface area (Å²) in [4.78, 5) is 28.3.